The average molecular weight is 395 g/mol. The van der Waals surface area contributed by atoms with E-state index >= 15 is 0 Å². The molecule has 1 N–H and O–H groups in total. The number of aromatic amines is 1. The molecule has 3 saturated heterocycles. The summed E-state index contributed by atoms with van der Waals surface area (Å²) in [5.74, 6) is -0.0449. The average Bonchev–Trinajstić information content (AvgIpc) is 3.47. The Labute approximate surface area is 168 Å². The van der Waals surface area contributed by atoms with Gasteiger partial charge in [-0.15, -0.1) is 0 Å². The lowest BCUT2D eigenvalue weighted by atomic mass is 9.97. The lowest BCUT2D eigenvalue weighted by molar-refractivity contribution is -0.139. The third-order valence-electron chi connectivity index (χ3n) is 6.70. The highest BCUT2D eigenvalue weighted by Crippen LogP contribution is 2.35. The first-order valence-corrected chi connectivity index (χ1v) is 10.4. The summed E-state index contributed by atoms with van der Waals surface area (Å²) in [4.78, 5) is 45.0. The summed E-state index contributed by atoms with van der Waals surface area (Å²) < 4.78 is 5.69. The third-order valence-corrected chi connectivity index (χ3v) is 6.70. The number of carbonyl (C=O) groups is 2. The molecule has 2 bridgehead atoms. The Kier molecular flexibility index (Phi) is 4.42. The molecule has 29 heavy (non-hydrogen) atoms. The zero-order valence-electron chi connectivity index (χ0n) is 16.5. The Balaban J connectivity index is 1.33. The van der Waals surface area contributed by atoms with Gasteiger partial charge in [0.2, 0.25) is 5.91 Å². The van der Waals surface area contributed by atoms with E-state index in [1.807, 2.05) is 28.0 Å². The number of nitrogens with zero attached hydrogens (tertiary/aromatic N) is 2. The molecule has 3 fully saturated rings. The predicted molar refractivity (Wildman–Crippen MR) is 108 cm³/mol. The molecule has 0 spiro atoms. The van der Waals surface area contributed by atoms with Gasteiger partial charge < -0.3 is 19.5 Å². The zero-order chi connectivity index (χ0) is 20.1. The maximum atomic E-state index is 13.1. The number of benzene rings is 1. The van der Waals surface area contributed by atoms with Crippen molar-refractivity contribution in [2.75, 3.05) is 19.7 Å². The van der Waals surface area contributed by atoms with Crippen molar-refractivity contribution in [3.8, 4) is 0 Å². The van der Waals surface area contributed by atoms with Gasteiger partial charge >= 0.3 is 0 Å². The number of carbonyl (C=O) groups excluding carboxylic acids is 2. The lowest BCUT2D eigenvalue weighted by Gasteiger charge is -2.36. The van der Waals surface area contributed by atoms with Gasteiger partial charge in [-0.2, -0.15) is 0 Å². The molecule has 2 amide bonds. The first-order chi connectivity index (χ1) is 14.1. The molecule has 1 aromatic heterocycles. The number of hydrogen-bond acceptors (Lipinski definition) is 4. The van der Waals surface area contributed by atoms with Gasteiger partial charge in [0, 0.05) is 25.1 Å². The van der Waals surface area contributed by atoms with Gasteiger partial charge in [0.1, 0.15) is 5.69 Å². The molecule has 5 rings (SSSR count). The van der Waals surface area contributed by atoms with Crippen molar-refractivity contribution < 1.29 is 14.3 Å². The van der Waals surface area contributed by atoms with E-state index in [1.165, 1.54) is 0 Å². The first kappa shape index (κ1) is 18.4. The second-order valence-electron chi connectivity index (χ2n) is 8.30. The summed E-state index contributed by atoms with van der Waals surface area (Å²) in [7, 11) is 0. The molecule has 152 valence electrons. The van der Waals surface area contributed by atoms with E-state index in [2.05, 4.69) is 11.9 Å². The molecule has 2 aromatic rings. The number of H-pyrrole nitrogens is 1. The molecule has 0 unspecified atom stereocenters. The first-order valence-electron chi connectivity index (χ1n) is 10.4. The molecule has 0 radical (unpaired) electrons. The summed E-state index contributed by atoms with van der Waals surface area (Å²) in [6.07, 6.45) is 2.45. The summed E-state index contributed by atoms with van der Waals surface area (Å²) in [6, 6.07) is 9.06. The van der Waals surface area contributed by atoms with Crippen LogP contribution in [-0.2, 0) is 9.53 Å². The van der Waals surface area contributed by atoms with Crippen LogP contribution in [0.5, 0.6) is 0 Å². The topological polar surface area (TPSA) is 82.7 Å². The molecular formula is C22H25N3O4. The second-order valence-corrected chi connectivity index (χ2v) is 8.30. The Morgan fingerprint density at radius 2 is 1.93 bits per heavy atom. The highest BCUT2D eigenvalue weighted by atomic mass is 16.5. The van der Waals surface area contributed by atoms with Gasteiger partial charge in [0.25, 0.3) is 11.5 Å². The van der Waals surface area contributed by atoms with Crippen LogP contribution < -0.4 is 5.56 Å². The number of pyridine rings is 1. The molecule has 3 aliphatic heterocycles. The van der Waals surface area contributed by atoms with Crippen molar-refractivity contribution in [2.24, 2.45) is 5.92 Å². The molecule has 0 saturated carbocycles. The molecular weight excluding hydrogens is 370 g/mol. The number of hydrogen-bond donors (Lipinski definition) is 1. The Morgan fingerprint density at radius 1 is 1.17 bits per heavy atom. The van der Waals surface area contributed by atoms with E-state index in [1.54, 1.807) is 12.1 Å². The Morgan fingerprint density at radius 3 is 2.69 bits per heavy atom. The Bertz CT molecular complexity index is 1030. The van der Waals surface area contributed by atoms with Crippen LogP contribution >= 0.6 is 0 Å². The summed E-state index contributed by atoms with van der Waals surface area (Å²) >= 11 is 0. The van der Waals surface area contributed by atoms with E-state index < -0.39 is 0 Å². The van der Waals surface area contributed by atoms with E-state index in [4.69, 9.17) is 4.74 Å². The smallest absolute Gasteiger partial charge is 0.270 e. The lowest BCUT2D eigenvalue weighted by Crippen LogP contribution is -2.52. The van der Waals surface area contributed by atoms with Crippen molar-refractivity contribution in [1.82, 2.24) is 14.8 Å². The van der Waals surface area contributed by atoms with Crippen LogP contribution in [0.15, 0.2) is 35.1 Å². The Hall–Kier alpha value is -2.67. The van der Waals surface area contributed by atoms with Crippen LogP contribution in [-0.4, -0.2) is 64.5 Å². The van der Waals surface area contributed by atoms with Gasteiger partial charge in [-0.05, 0) is 36.8 Å². The van der Waals surface area contributed by atoms with E-state index in [-0.39, 0.29) is 41.5 Å². The fraction of sp³-hybridized carbons (Fsp3) is 0.500. The van der Waals surface area contributed by atoms with E-state index in [0.717, 1.165) is 24.6 Å². The van der Waals surface area contributed by atoms with Gasteiger partial charge in [-0.25, -0.2) is 0 Å². The fourth-order valence-corrected chi connectivity index (χ4v) is 5.21. The monoisotopic (exact) mass is 395 g/mol. The van der Waals surface area contributed by atoms with Crippen molar-refractivity contribution in [1.29, 1.82) is 0 Å². The van der Waals surface area contributed by atoms with Crippen molar-refractivity contribution >= 4 is 22.6 Å². The standard InChI is InChI=1S/C22H25N3O4/c1-2-19-17(7-8-29-19)21(27)24-11-15-10-14(24)12-25(15)22(28)18-9-13-5-3-4-6-16(13)20(26)23-18/h3-6,9,14-15,17,19H,2,7-8,10-12H2,1H3,(H,23,26)/t14-,15-,17+,19-/m0/s1. The molecule has 4 heterocycles. The summed E-state index contributed by atoms with van der Waals surface area (Å²) in [5.41, 5.74) is 0.0637. The number of fused-ring (bicyclic) bond motifs is 3. The van der Waals surface area contributed by atoms with Crippen molar-refractivity contribution in [3.05, 3.63) is 46.4 Å². The molecule has 4 atom stereocenters. The van der Waals surface area contributed by atoms with Crippen molar-refractivity contribution in [2.45, 2.75) is 44.4 Å². The van der Waals surface area contributed by atoms with Crippen LogP contribution in [0.3, 0.4) is 0 Å². The number of piperazine rings is 1. The predicted octanol–water partition coefficient (Wildman–Crippen LogP) is 1.77. The molecule has 7 heteroatoms. The number of nitrogens with one attached hydrogen (secondary N) is 1. The van der Waals surface area contributed by atoms with Gasteiger partial charge in [-0.3, -0.25) is 14.4 Å². The maximum Gasteiger partial charge on any atom is 0.270 e. The highest BCUT2D eigenvalue weighted by molar-refractivity contribution is 5.97. The minimum Gasteiger partial charge on any atom is -0.377 e. The van der Waals surface area contributed by atoms with Crippen LogP contribution in [0.2, 0.25) is 0 Å². The summed E-state index contributed by atoms with van der Waals surface area (Å²) in [6.45, 7) is 3.79. The highest BCUT2D eigenvalue weighted by Gasteiger charge is 2.49. The normalized spacial score (nSPS) is 28.4. The molecule has 0 aliphatic carbocycles. The van der Waals surface area contributed by atoms with E-state index in [9.17, 15) is 14.4 Å². The van der Waals surface area contributed by atoms with Gasteiger partial charge in [-0.1, -0.05) is 25.1 Å². The maximum absolute atomic E-state index is 13.1. The largest absolute Gasteiger partial charge is 0.377 e. The minimum absolute atomic E-state index is 0.00817. The molecule has 1 aromatic carbocycles. The number of rotatable bonds is 3. The quantitative estimate of drug-likeness (QED) is 0.859. The molecule has 3 aliphatic rings. The van der Waals surface area contributed by atoms with E-state index in [0.29, 0.717) is 30.8 Å². The van der Waals surface area contributed by atoms with Gasteiger partial charge in [0.15, 0.2) is 0 Å². The van der Waals surface area contributed by atoms with Crippen LogP contribution in [0.4, 0.5) is 0 Å². The van der Waals surface area contributed by atoms with Crippen LogP contribution in [0.25, 0.3) is 10.8 Å². The zero-order valence-corrected chi connectivity index (χ0v) is 16.5. The number of aromatic nitrogens is 1. The fourth-order valence-electron chi connectivity index (χ4n) is 5.21. The third kappa shape index (κ3) is 2.95. The number of ether oxygens (including phenoxy) is 1. The number of amides is 2. The van der Waals surface area contributed by atoms with Crippen molar-refractivity contribution in [3.63, 3.8) is 0 Å². The molecule has 7 nitrogen and oxygen atoms in total. The SMILES string of the molecule is CC[C@@H]1OCC[C@H]1C(=O)N1C[C@@H]2C[C@H]1CN2C(=O)c1cc2ccccc2c(=O)[nH]1. The minimum atomic E-state index is -0.251. The summed E-state index contributed by atoms with van der Waals surface area (Å²) in [5, 5.41) is 1.33. The second kappa shape index (κ2) is 6.99. The van der Waals surface area contributed by atoms with Gasteiger partial charge in [0.05, 0.1) is 24.1 Å². The van der Waals surface area contributed by atoms with Crippen LogP contribution in [0, 0.1) is 5.92 Å². The number of likely N-dealkylation sites (tertiary alicyclic amines) is 2. The van der Waals surface area contributed by atoms with Crippen LogP contribution in [0.1, 0.15) is 36.7 Å².